The molecular weight excluding hydrogens is 408 g/mol. The second-order valence-electron chi connectivity index (χ2n) is 6.77. The average Bonchev–Trinajstić information content (AvgIpc) is 3.44. The van der Waals surface area contributed by atoms with Crippen molar-refractivity contribution in [2.75, 3.05) is 18.0 Å². The summed E-state index contributed by atoms with van der Waals surface area (Å²) >= 11 is 7.26. The highest BCUT2D eigenvalue weighted by Crippen LogP contribution is 2.19. The molecule has 1 saturated heterocycles. The van der Waals surface area contributed by atoms with Crippen molar-refractivity contribution in [1.29, 1.82) is 0 Å². The molecule has 1 aromatic carbocycles. The highest BCUT2D eigenvalue weighted by molar-refractivity contribution is 7.09. The van der Waals surface area contributed by atoms with Crippen LogP contribution in [0.25, 0.3) is 0 Å². The standard InChI is InChI=1S/C21H21ClN4O2S/c22-16-4-6-17(7-5-16)28-13-20-25-18(14-29-20)21(27)24-12-15-3-8-19(23-11-15)26-9-1-2-10-26/h3-8,11,14H,1-2,9-10,12-13H2,(H,24,27). The fraction of sp³-hybridized carbons (Fsp3) is 0.286. The summed E-state index contributed by atoms with van der Waals surface area (Å²) in [4.78, 5) is 23.5. The Hall–Kier alpha value is -2.64. The summed E-state index contributed by atoms with van der Waals surface area (Å²) in [6.07, 6.45) is 4.26. The number of hydrogen-bond acceptors (Lipinski definition) is 6. The van der Waals surface area contributed by atoms with Crippen LogP contribution in [0.2, 0.25) is 5.02 Å². The van der Waals surface area contributed by atoms with Gasteiger partial charge in [-0.2, -0.15) is 0 Å². The molecule has 1 fully saturated rings. The first-order valence-electron chi connectivity index (χ1n) is 9.48. The molecule has 8 heteroatoms. The summed E-state index contributed by atoms with van der Waals surface area (Å²) in [5.74, 6) is 1.51. The Kier molecular flexibility index (Phi) is 6.27. The lowest BCUT2D eigenvalue weighted by atomic mass is 10.2. The second-order valence-corrected chi connectivity index (χ2v) is 8.15. The number of nitrogens with zero attached hydrogens (tertiary/aromatic N) is 3. The minimum Gasteiger partial charge on any atom is -0.486 e. The molecule has 1 amide bonds. The van der Waals surface area contributed by atoms with E-state index in [1.165, 1.54) is 24.2 Å². The van der Waals surface area contributed by atoms with Crippen molar-refractivity contribution in [1.82, 2.24) is 15.3 Å². The van der Waals surface area contributed by atoms with Crippen molar-refractivity contribution in [3.63, 3.8) is 0 Å². The second kappa shape index (κ2) is 9.24. The number of pyridine rings is 1. The van der Waals surface area contributed by atoms with E-state index in [-0.39, 0.29) is 5.91 Å². The molecule has 0 atom stereocenters. The van der Waals surface area contributed by atoms with Crippen LogP contribution in [0, 0.1) is 0 Å². The van der Waals surface area contributed by atoms with Gasteiger partial charge in [0.2, 0.25) is 0 Å². The number of nitrogens with one attached hydrogen (secondary N) is 1. The number of amides is 1. The molecule has 3 aromatic rings. The monoisotopic (exact) mass is 428 g/mol. The Morgan fingerprint density at radius 3 is 2.69 bits per heavy atom. The number of halogens is 1. The number of carbonyl (C=O) groups is 1. The van der Waals surface area contributed by atoms with Gasteiger partial charge in [-0.3, -0.25) is 4.79 Å². The molecule has 0 saturated carbocycles. The Morgan fingerprint density at radius 1 is 1.17 bits per heavy atom. The zero-order valence-corrected chi connectivity index (χ0v) is 17.4. The topological polar surface area (TPSA) is 67.4 Å². The summed E-state index contributed by atoms with van der Waals surface area (Å²) in [5, 5.41) is 6.03. The third-order valence-corrected chi connectivity index (χ3v) is 5.73. The minimum absolute atomic E-state index is 0.206. The largest absolute Gasteiger partial charge is 0.486 e. The van der Waals surface area contributed by atoms with Crippen molar-refractivity contribution < 1.29 is 9.53 Å². The third kappa shape index (κ3) is 5.25. The van der Waals surface area contributed by atoms with E-state index in [1.807, 2.05) is 18.3 Å². The molecule has 0 unspecified atom stereocenters. The van der Waals surface area contributed by atoms with Crippen LogP contribution in [0.4, 0.5) is 5.82 Å². The summed E-state index contributed by atoms with van der Waals surface area (Å²) < 4.78 is 5.67. The Labute approximate surface area is 178 Å². The van der Waals surface area contributed by atoms with Crippen LogP contribution in [-0.4, -0.2) is 29.0 Å². The molecule has 2 aromatic heterocycles. The van der Waals surface area contributed by atoms with E-state index in [9.17, 15) is 4.79 Å². The number of thiazole rings is 1. The maximum Gasteiger partial charge on any atom is 0.271 e. The number of ether oxygens (including phenoxy) is 1. The molecule has 29 heavy (non-hydrogen) atoms. The van der Waals surface area contributed by atoms with Crippen LogP contribution in [0.1, 0.15) is 33.9 Å². The average molecular weight is 429 g/mol. The van der Waals surface area contributed by atoms with Crippen molar-refractivity contribution in [3.8, 4) is 5.75 Å². The molecule has 150 valence electrons. The number of benzene rings is 1. The van der Waals surface area contributed by atoms with Gasteiger partial charge in [0, 0.05) is 36.2 Å². The lowest BCUT2D eigenvalue weighted by Crippen LogP contribution is -2.23. The van der Waals surface area contributed by atoms with Crippen LogP contribution in [0.5, 0.6) is 5.75 Å². The molecule has 1 N–H and O–H groups in total. The maximum absolute atomic E-state index is 12.4. The van der Waals surface area contributed by atoms with E-state index in [1.54, 1.807) is 29.6 Å². The smallest absolute Gasteiger partial charge is 0.271 e. The van der Waals surface area contributed by atoms with Gasteiger partial charge in [-0.15, -0.1) is 11.3 Å². The van der Waals surface area contributed by atoms with E-state index in [2.05, 4.69) is 20.2 Å². The van der Waals surface area contributed by atoms with Crippen molar-refractivity contribution in [2.24, 2.45) is 0 Å². The Morgan fingerprint density at radius 2 is 1.97 bits per heavy atom. The number of aromatic nitrogens is 2. The van der Waals surface area contributed by atoms with Gasteiger partial charge in [0.25, 0.3) is 5.91 Å². The zero-order chi connectivity index (χ0) is 20.1. The van der Waals surface area contributed by atoms with Gasteiger partial charge < -0.3 is 15.0 Å². The molecular formula is C21H21ClN4O2S. The van der Waals surface area contributed by atoms with E-state index >= 15 is 0 Å². The van der Waals surface area contributed by atoms with E-state index in [4.69, 9.17) is 16.3 Å². The summed E-state index contributed by atoms with van der Waals surface area (Å²) in [7, 11) is 0. The maximum atomic E-state index is 12.4. The molecule has 0 radical (unpaired) electrons. The SMILES string of the molecule is O=C(NCc1ccc(N2CCCC2)nc1)c1csc(COc2ccc(Cl)cc2)n1. The zero-order valence-electron chi connectivity index (χ0n) is 15.8. The van der Waals surface area contributed by atoms with Crippen LogP contribution in [0.3, 0.4) is 0 Å². The lowest BCUT2D eigenvalue weighted by Gasteiger charge is -2.16. The van der Waals surface area contributed by atoms with Gasteiger partial charge in [-0.25, -0.2) is 9.97 Å². The summed E-state index contributed by atoms with van der Waals surface area (Å²) in [6.45, 7) is 2.86. The third-order valence-electron chi connectivity index (χ3n) is 4.65. The van der Waals surface area contributed by atoms with E-state index in [0.29, 0.717) is 29.6 Å². The van der Waals surface area contributed by atoms with Crippen LogP contribution < -0.4 is 15.0 Å². The first-order valence-corrected chi connectivity index (χ1v) is 10.7. The van der Waals surface area contributed by atoms with Crippen LogP contribution in [-0.2, 0) is 13.2 Å². The first-order chi connectivity index (χ1) is 14.2. The molecule has 3 heterocycles. The first kappa shape index (κ1) is 19.7. The van der Waals surface area contributed by atoms with Gasteiger partial charge in [-0.1, -0.05) is 17.7 Å². The molecule has 1 aliphatic heterocycles. The predicted molar refractivity (Wildman–Crippen MR) is 115 cm³/mol. The molecule has 6 nitrogen and oxygen atoms in total. The quantitative estimate of drug-likeness (QED) is 0.607. The fourth-order valence-electron chi connectivity index (χ4n) is 3.08. The Balaban J connectivity index is 1.27. The van der Waals surface area contributed by atoms with Gasteiger partial charge >= 0.3 is 0 Å². The van der Waals surface area contributed by atoms with Gasteiger partial charge in [0.15, 0.2) is 0 Å². The van der Waals surface area contributed by atoms with E-state index in [0.717, 1.165) is 29.5 Å². The molecule has 0 spiro atoms. The summed E-state index contributed by atoms with van der Waals surface area (Å²) in [6, 6.07) is 11.2. The van der Waals surface area contributed by atoms with Crippen molar-refractivity contribution in [2.45, 2.75) is 26.0 Å². The van der Waals surface area contributed by atoms with Crippen LogP contribution >= 0.6 is 22.9 Å². The molecule has 0 aliphatic carbocycles. The number of hydrogen-bond donors (Lipinski definition) is 1. The van der Waals surface area contributed by atoms with Gasteiger partial charge in [-0.05, 0) is 48.7 Å². The number of anilines is 1. The molecule has 0 bridgehead atoms. The van der Waals surface area contributed by atoms with Gasteiger partial charge in [0.1, 0.15) is 28.9 Å². The van der Waals surface area contributed by atoms with Gasteiger partial charge in [0.05, 0.1) is 0 Å². The van der Waals surface area contributed by atoms with E-state index < -0.39 is 0 Å². The lowest BCUT2D eigenvalue weighted by molar-refractivity contribution is 0.0946. The highest BCUT2D eigenvalue weighted by Gasteiger charge is 2.14. The fourth-order valence-corrected chi connectivity index (χ4v) is 3.90. The number of carbonyl (C=O) groups excluding carboxylic acids is 1. The summed E-state index contributed by atoms with van der Waals surface area (Å²) in [5.41, 5.74) is 1.36. The minimum atomic E-state index is -0.206. The number of rotatable bonds is 7. The normalized spacial score (nSPS) is 13.5. The predicted octanol–water partition coefficient (Wildman–Crippen LogP) is 4.30. The van der Waals surface area contributed by atoms with Crippen LogP contribution in [0.15, 0.2) is 48.0 Å². The van der Waals surface area contributed by atoms with Crippen molar-refractivity contribution in [3.05, 3.63) is 69.3 Å². The highest BCUT2D eigenvalue weighted by atomic mass is 35.5. The molecule has 4 rings (SSSR count). The Bertz CT molecular complexity index is 954. The van der Waals surface area contributed by atoms with Crippen molar-refractivity contribution >= 4 is 34.7 Å². The molecule has 1 aliphatic rings.